The zero-order valence-electron chi connectivity index (χ0n) is 17.0. The van der Waals surface area contributed by atoms with Crippen LogP contribution in [0.25, 0.3) is 28.7 Å². The molecule has 29 heavy (non-hydrogen) atoms. The Labute approximate surface area is 171 Å². The van der Waals surface area contributed by atoms with Gasteiger partial charge in [0.15, 0.2) is 0 Å². The molecule has 0 aliphatic heterocycles. The molecule has 0 saturated carbocycles. The molecule has 3 heteroatoms. The van der Waals surface area contributed by atoms with Gasteiger partial charge in [-0.25, -0.2) is 4.98 Å². The number of nitrogens with zero attached hydrogens (tertiary/aromatic N) is 2. The van der Waals surface area contributed by atoms with Crippen molar-refractivity contribution >= 4 is 23.1 Å². The van der Waals surface area contributed by atoms with Gasteiger partial charge < -0.3 is 0 Å². The number of aromatic nitrogens is 2. The largest absolute Gasteiger partial charge is 0.268 e. The van der Waals surface area contributed by atoms with Gasteiger partial charge in [0.25, 0.3) is 5.56 Å². The summed E-state index contributed by atoms with van der Waals surface area (Å²) < 4.78 is 1.71. The fourth-order valence-corrected chi connectivity index (χ4v) is 3.47. The van der Waals surface area contributed by atoms with Gasteiger partial charge in [-0.05, 0) is 53.8 Å². The summed E-state index contributed by atoms with van der Waals surface area (Å²) in [5.74, 6) is 1.12. The first-order chi connectivity index (χ1) is 14.0. The average molecular weight is 380 g/mol. The Hall–Kier alpha value is -3.46. The summed E-state index contributed by atoms with van der Waals surface area (Å²) in [5.41, 5.74) is 4.92. The Bertz CT molecular complexity index is 1250. The van der Waals surface area contributed by atoms with Gasteiger partial charge in [0, 0.05) is 0 Å². The minimum Gasteiger partial charge on any atom is -0.268 e. The Morgan fingerprint density at radius 2 is 1.55 bits per heavy atom. The van der Waals surface area contributed by atoms with E-state index in [9.17, 15) is 4.79 Å². The highest BCUT2D eigenvalue weighted by molar-refractivity contribution is 5.80. The van der Waals surface area contributed by atoms with Crippen LogP contribution >= 0.6 is 0 Å². The van der Waals surface area contributed by atoms with Gasteiger partial charge >= 0.3 is 0 Å². The van der Waals surface area contributed by atoms with Gasteiger partial charge in [0.2, 0.25) is 0 Å². The van der Waals surface area contributed by atoms with Crippen molar-refractivity contribution in [2.45, 2.75) is 26.7 Å². The average Bonchev–Trinajstić information content (AvgIpc) is 2.73. The molecule has 0 N–H and O–H groups in total. The summed E-state index contributed by atoms with van der Waals surface area (Å²) in [6.07, 6.45) is 3.93. The maximum Gasteiger partial charge on any atom is 0.266 e. The third-order valence-electron chi connectivity index (χ3n) is 5.19. The zero-order valence-corrected chi connectivity index (χ0v) is 17.0. The van der Waals surface area contributed by atoms with E-state index in [0.29, 0.717) is 22.6 Å². The molecule has 0 amide bonds. The summed E-state index contributed by atoms with van der Waals surface area (Å²) >= 11 is 0. The highest BCUT2D eigenvalue weighted by Gasteiger charge is 2.12. The highest BCUT2D eigenvalue weighted by Crippen LogP contribution is 2.19. The summed E-state index contributed by atoms with van der Waals surface area (Å²) in [6.45, 7) is 6.38. The lowest BCUT2D eigenvalue weighted by molar-refractivity contribution is 0.866. The number of hydrogen-bond acceptors (Lipinski definition) is 2. The molecule has 3 nitrogen and oxygen atoms in total. The van der Waals surface area contributed by atoms with Crippen molar-refractivity contribution in [3.8, 4) is 5.69 Å². The van der Waals surface area contributed by atoms with Crippen LogP contribution in [0.1, 0.15) is 42.3 Å². The van der Waals surface area contributed by atoms with E-state index in [0.717, 1.165) is 16.8 Å². The van der Waals surface area contributed by atoms with Gasteiger partial charge in [-0.15, -0.1) is 0 Å². The normalized spacial score (nSPS) is 11.6. The van der Waals surface area contributed by atoms with Crippen LogP contribution in [-0.2, 0) is 0 Å². The van der Waals surface area contributed by atoms with Gasteiger partial charge in [-0.1, -0.05) is 74.5 Å². The topological polar surface area (TPSA) is 34.9 Å². The van der Waals surface area contributed by atoms with E-state index in [1.54, 1.807) is 4.57 Å². The Morgan fingerprint density at radius 3 is 2.28 bits per heavy atom. The molecule has 0 radical (unpaired) electrons. The smallest absolute Gasteiger partial charge is 0.266 e. The fourth-order valence-electron chi connectivity index (χ4n) is 3.47. The quantitative estimate of drug-likeness (QED) is 0.436. The minimum absolute atomic E-state index is 0.0558. The van der Waals surface area contributed by atoms with Crippen LogP contribution in [0.2, 0.25) is 0 Å². The maximum atomic E-state index is 13.3. The summed E-state index contributed by atoms with van der Waals surface area (Å²) in [5, 5.41) is 0.620. The lowest BCUT2D eigenvalue weighted by atomic mass is 10.0. The van der Waals surface area contributed by atoms with Crippen LogP contribution in [0.4, 0.5) is 0 Å². The van der Waals surface area contributed by atoms with E-state index in [1.807, 2.05) is 67.6 Å². The Balaban J connectivity index is 1.88. The molecule has 3 aromatic carbocycles. The Morgan fingerprint density at radius 1 is 0.862 bits per heavy atom. The van der Waals surface area contributed by atoms with Gasteiger partial charge in [-0.3, -0.25) is 9.36 Å². The van der Waals surface area contributed by atoms with Crippen molar-refractivity contribution < 1.29 is 0 Å². The van der Waals surface area contributed by atoms with E-state index >= 15 is 0 Å². The molecule has 0 aliphatic carbocycles. The number of rotatable bonds is 4. The van der Waals surface area contributed by atoms with Crippen LogP contribution in [0.15, 0.2) is 77.6 Å². The Kier molecular flexibility index (Phi) is 5.13. The third-order valence-corrected chi connectivity index (χ3v) is 5.19. The van der Waals surface area contributed by atoms with Crippen molar-refractivity contribution in [3.05, 3.63) is 106 Å². The zero-order chi connectivity index (χ0) is 20.4. The molecule has 0 spiro atoms. The minimum atomic E-state index is -0.0558. The van der Waals surface area contributed by atoms with Crippen LogP contribution < -0.4 is 5.56 Å². The molecule has 0 aliphatic rings. The number of benzene rings is 3. The molecule has 4 aromatic rings. The van der Waals surface area contributed by atoms with E-state index in [4.69, 9.17) is 4.98 Å². The maximum absolute atomic E-state index is 13.3. The van der Waals surface area contributed by atoms with Crippen molar-refractivity contribution in [3.63, 3.8) is 0 Å². The molecule has 1 aromatic heterocycles. The second-order valence-corrected chi connectivity index (χ2v) is 7.57. The summed E-state index contributed by atoms with van der Waals surface area (Å²) in [4.78, 5) is 18.1. The fraction of sp³-hybridized carbons (Fsp3) is 0.154. The van der Waals surface area contributed by atoms with Crippen molar-refractivity contribution in [1.29, 1.82) is 0 Å². The third kappa shape index (κ3) is 3.77. The molecular weight excluding hydrogens is 356 g/mol. The molecule has 0 fully saturated rings. The van der Waals surface area contributed by atoms with Crippen molar-refractivity contribution in [2.24, 2.45) is 0 Å². The SMILES string of the molecule is Cc1ccccc1-n1c(/C=C/c2ccc(C(C)C)cc2)nc2ccccc2c1=O. The van der Waals surface area contributed by atoms with Crippen LogP contribution in [0, 0.1) is 6.92 Å². The molecule has 1 heterocycles. The molecule has 0 atom stereocenters. The molecular formula is C26H24N2O. The van der Waals surface area contributed by atoms with E-state index in [2.05, 4.69) is 38.1 Å². The molecule has 0 bridgehead atoms. The first-order valence-corrected chi connectivity index (χ1v) is 9.90. The van der Waals surface area contributed by atoms with E-state index < -0.39 is 0 Å². The number of hydrogen-bond donors (Lipinski definition) is 0. The molecule has 4 rings (SSSR count). The van der Waals surface area contributed by atoms with Crippen molar-refractivity contribution in [2.75, 3.05) is 0 Å². The van der Waals surface area contributed by atoms with Gasteiger partial charge in [0.05, 0.1) is 16.6 Å². The van der Waals surface area contributed by atoms with E-state index in [1.165, 1.54) is 5.56 Å². The standard InChI is InChI=1S/C26H24N2O/c1-18(2)21-15-12-20(13-16-21)14-17-25-27-23-10-6-5-9-22(23)26(29)28(25)24-11-7-4-8-19(24)3/h4-18H,1-3H3/b17-14+. The summed E-state index contributed by atoms with van der Waals surface area (Å²) in [7, 11) is 0. The lowest BCUT2D eigenvalue weighted by Crippen LogP contribution is -2.23. The molecule has 0 unspecified atom stereocenters. The lowest BCUT2D eigenvalue weighted by Gasteiger charge is -2.13. The monoisotopic (exact) mass is 380 g/mol. The second kappa shape index (κ2) is 7.88. The van der Waals surface area contributed by atoms with Crippen LogP contribution in [-0.4, -0.2) is 9.55 Å². The van der Waals surface area contributed by atoms with E-state index in [-0.39, 0.29) is 5.56 Å². The molecule has 144 valence electrons. The number of para-hydroxylation sites is 2. The van der Waals surface area contributed by atoms with Crippen LogP contribution in [0.5, 0.6) is 0 Å². The first-order valence-electron chi connectivity index (χ1n) is 9.90. The number of aryl methyl sites for hydroxylation is 1. The predicted octanol–water partition coefficient (Wildman–Crippen LogP) is 5.99. The van der Waals surface area contributed by atoms with Gasteiger partial charge in [-0.2, -0.15) is 0 Å². The van der Waals surface area contributed by atoms with Crippen LogP contribution in [0.3, 0.4) is 0 Å². The van der Waals surface area contributed by atoms with Gasteiger partial charge in [0.1, 0.15) is 5.82 Å². The first kappa shape index (κ1) is 18.9. The summed E-state index contributed by atoms with van der Waals surface area (Å²) in [6, 6.07) is 23.9. The number of fused-ring (bicyclic) bond motifs is 1. The van der Waals surface area contributed by atoms with Crippen molar-refractivity contribution in [1.82, 2.24) is 9.55 Å². The molecule has 0 saturated heterocycles. The second-order valence-electron chi connectivity index (χ2n) is 7.57. The highest BCUT2D eigenvalue weighted by atomic mass is 16.1. The predicted molar refractivity (Wildman–Crippen MR) is 122 cm³/mol.